The number of likely N-dealkylation sites (tertiary alicyclic amines) is 1. The number of fused-ring (bicyclic) bond motifs is 5. The first-order chi connectivity index (χ1) is 8.37. The van der Waals surface area contributed by atoms with Crippen molar-refractivity contribution < 1.29 is 19.4 Å². The third-order valence-corrected chi connectivity index (χ3v) is 3.80. The van der Waals surface area contributed by atoms with Gasteiger partial charge < -0.3 is 14.6 Å². The van der Waals surface area contributed by atoms with E-state index in [0.717, 1.165) is 0 Å². The number of nitrogens with zero attached hydrogens (tertiary/aromatic N) is 1. The van der Waals surface area contributed by atoms with Gasteiger partial charge in [-0.25, -0.2) is 4.79 Å². The van der Waals surface area contributed by atoms with Crippen LogP contribution in [0, 0.1) is 11.8 Å². The molecule has 2 fully saturated rings. The van der Waals surface area contributed by atoms with E-state index < -0.39 is 17.9 Å². The van der Waals surface area contributed by atoms with Crippen LogP contribution in [0.3, 0.4) is 0 Å². The number of amides is 1. The number of rotatable bonds is 0. The fourth-order valence-corrected chi connectivity index (χ4v) is 3.08. The molecule has 2 saturated heterocycles. The summed E-state index contributed by atoms with van der Waals surface area (Å²) in [6.45, 7) is 5.97. The van der Waals surface area contributed by atoms with Crippen LogP contribution < -0.4 is 0 Å². The lowest BCUT2D eigenvalue weighted by Gasteiger charge is -2.28. The topological polar surface area (TPSA) is 59.0 Å². The molecule has 2 bridgehead atoms. The third kappa shape index (κ3) is 1.73. The summed E-state index contributed by atoms with van der Waals surface area (Å²) in [6.07, 6.45) is 2.75. The number of ether oxygens (including phenoxy) is 2. The quantitative estimate of drug-likeness (QED) is 0.657. The second kappa shape index (κ2) is 3.71. The summed E-state index contributed by atoms with van der Waals surface area (Å²) in [7, 11) is 0. The van der Waals surface area contributed by atoms with Crippen LogP contribution in [-0.4, -0.2) is 46.7 Å². The minimum atomic E-state index is -0.801. The molecule has 0 spiro atoms. The molecule has 18 heavy (non-hydrogen) atoms. The van der Waals surface area contributed by atoms with Crippen molar-refractivity contribution in [3.63, 3.8) is 0 Å². The monoisotopic (exact) mass is 253 g/mol. The molecule has 0 aliphatic carbocycles. The Labute approximate surface area is 106 Å². The molecule has 1 amide bonds. The fourth-order valence-electron chi connectivity index (χ4n) is 3.08. The molecule has 3 aliphatic rings. The zero-order chi connectivity index (χ0) is 13.1. The van der Waals surface area contributed by atoms with Gasteiger partial charge in [0.1, 0.15) is 11.8 Å². The first-order valence-corrected chi connectivity index (χ1v) is 6.38. The maximum Gasteiger partial charge on any atom is 0.412 e. The van der Waals surface area contributed by atoms with Gasteiger partial charge >= 0.3 is 6.09 Å². The second-order valence-corrected chi connectivity index (χ2v) is 6.24. The summed E-state index contributed by atoms with van der Waals surface area (Å²) >= 11 is 0. The average molecular weight is 253 g/mol. The van der Waals surface area contributed by atoms with E-state index in [1.807, 2.05) is 32.9 Å². The SMILES string of the molecule is CC(C)(C)OC(=O)N1CC2C3C=CC(O3)C2C1O. The van der Waals surface area contributed by atoms with Crippen LogP contribution in [0.25, 0.3) is 0 Å². The lowest BCUT2D eigenvalue weighted by Crippen LogP contribution is -2.43. The molecular weight excluding hydrogens is 234 g/mol. The molecule has 0 aromatic carbocycles. The van der Waals surface area contributed by atoms with Gasteiger partial charge in [-0.1, -0.05) is 12.2 Å². The van der Waals surface area contributed by atoms with Crippen molar-refractivity contribution in [1.29, 1.82) is 0 Å². The molecule has 0 saturated carbocycles. The highest BCUT2D eigenvalue weighted by Gasteiger charge is 2.57. The molecule has 0 radical (unpaired) electrons. The van der Waals surface area contributed by atoms with E-state index in [2.05, 4.69) is 0 Å². The minimum absolute atomic E-state index is 0.00693. The Hall–Kier alpha value is -1.07. The van der Waals surface area contributed by atoms with Crippen molar-refractivity contribution in [2.24, 2.45) is 11.8 Å². The second-order valence-electron chi connectivity index (χ2n) is 6.24. The summed E-state index contributed by atoms with van der Waals surface area (Å²) < 4.78 is 11.0. The number of carbonyl (C=O) groups is 1. The molecule has 3 rings (SSSR count). The van der Waals surface area contributed by atoms with Crippen LogP contribution in [0.5, 0.6) is 0 Å². The van der Waals surface area contributed by atoms with E-state index >= 15 is 0 Å². The van der Waals surface area contributed by atoms with Crippen LogP contribution in [0.4, 0.5) is 4.79 Å². The molecule has 0 aromatic rings. The molecule has 0 aromatic heterocycles. The van der Waals surface area contributed by atoms with Gasteiger partial charge in [0.15, 0.2) is 0 Å². The Morgan fingerprint density at radius 2 is 2.06 bits per heavy atom. The van der Waals surface area contributed by atoms with E-state index in [4.69, 9.17) is 9.47 Å². The summed E-state index contributed by atoms with van der Waals surface area (Å²) in [5.74, 6) is 0.190. The maximum atomic E-state index is 12.0. The molecule has 5 heteroatoms. The van der Waals surface area contributed by atoms with Crippen LogP contribution in [0.1, 0.15) is 20.8 Å². The molecule has 5 atom stereocenters. The van der Waals surface area contributed by atoms with Crippen LogP contribution in [0.2, 0.25) is 0 Å². The molecule has 3 heterocycles. The molecular formula is C13H19NO4. The predicted octanol–water partition coefficient (Wildman–Crippen LogP) is 1.13. The Bertz CT molecular complexity index is 400. The highest BCUT2D eigenvalue weighted by atomic mass is 16.6. The van der Waals surface area contributed by atoms with Crippen molar-refractivity contribution in [2.45, 2.75) is 44.8 Å². The molecule has 3 aliphatic heterocycles. The largest absolute Gasteiger partial charge is 0.444 e. The van der Waals surface area contributed by atoms with Crippen molar-refractivity contribution in [2.75, 3.05) is 6.54 Å². The summed E-state index contributed by atoms with van der Waals surface area (Å²) in [6, 6.07) is 0. The smallest absolute Gasteiger partial charge is 0.412 e. The number of hydrogen-bond acceptors (Lipinski definition) is 4. The number of carbonyl (C=O) groups excluding carboxylic acids is 1. The van der Waals surface area contributed by atoms with E-state index in [-0.39, 0.29) is 24.0 Å². The zero-order valence-electron chi connectivity index (χ0n) is 10.9. The van der Waals surface area contributed by atoms with Gasteiger partial charge in [0.25, 0.3) is 0 Å². The Balaban J connectivity index is 1.72. The van der Waals surface area contributed by atoms with Gasteiger partial charge in [-0.3, -0.25) is 4.90 Å². The van der Waals surface area contributed by atoms with Crippen molar-refractivity contribution >= 4 is 6.09 Å². The third-order valence-electron chi connectivity index (χ3n) is 3.80. The fraction of sp³-hybridized carbons (Fsp3) is 0.769. The van der Waals surface area contributed by atoms with Gasteiger partial charge in [0, 0.05) is 18.4 Å². The van der Waals surface area contributed by atoms with Crippen molar-refractivity contribution in [3.8, 4) is 0 Å². The van der Waals surface area contributed by atoms with E-state index in [1.165, 1.54) is 4.90 Å². The molecule has 100 valence electrons. The number of hydrogen-bond donors (Lipinski definition) is 1. The van der Waals surface area contributed by atoms with Crippen molar-refractivity contribution in [3.05, 3.63) is 12.2 Å². The van der Waals surface area contributed by atoms with E-state index in [9.17, 15) is 9.90 Å². The van der Waals surface area contributed by atoms with Crippen LogP contribution in [-0.2, 0) is 9.47 Å². The van der Waals surface area contributed by atoms with Gasteiger partial charge in [0.05, 0.1) is 12.2 Å². The predicted molar refractivity (Wildman–Crippen MR) is 63.7 cm³/mol. The summed E-state index contributed by atoms with van der Waals surface area (Å²) in [4.78, 5) is 13.4. The lowest BCUT2D eigenvalue weighted by molar-refractivity contribution is -0.0411. The average Bonchev–Trinajstić information content (AvgIpc) is 2.87. The highest BCUT2D eigenvalue weighted by Crippen LogP contribution is 2.46. The van der Waals surface area contributed by atoms with Gasteiger partial charge in [-0.05, 0) is 20.8 Å². The van der Waals surface area contributed by atoms with Gasteiger partial charge in [-0.15, -0.1) is 0 Å². The standard InChI is InChI=1S/C13H19NO4/c1-13(2,3)18-12(16)14-6-7-8-4-5-9(17-8)10(7)11(14)15/h4-5,7-11,15H,6H2,1-3H3. The molecule has 1 N–H and O–H groups in total. The first kappa shape index (κ1) is 12.0. The van der Waals surface area contributed by atoms with E-state index in [1.54, 1.807) is 0 Å². The molecule has 5 nitrogen and oxygen atoms in total. The number of aliphatic hydroxyl groups excluding tert-OH is 1. The Morgan fingerprint density at radius 3 is 2.67 bits per heavy atom. The Morgan fingerprint density at radius 1 is 1.39 bits per heavy atom. The first-order valence-electron chi connectivity index (χ1n) is 6.38. The summed E-state index contributed by atoms with van der Waals surface area (Å²) in [5.41, 5.74) is -0.539. The van der Waals surface area contributed by atoms with E-state index in [0.29, 0.717) is 6.54 Å². The lowest BCUT2D eigenvalue weighted by atomic mass is 9.85. The van der Waals surface area contributed by atoms with Crippen LogP contribution in [0.15, 0.2) is 12.2 Å². The van der Waals surface area contributed by atoms with Gasteiger partial charge in [-0.2, -0.15) is 0 Å². The van der Waals surface area contributed by atoms with Crippen LogP contribution >= 0.6 is 0 Å². The zero-order valence-corrected chi connectivity index (χ0v) is 10.9. The number of aliphatic hydroxyl groups is 1. The minimum Gasteiger partial charge on any atom is -0.444 e. The normalized spacial score (nSPS) is 41.3. The Kier molecular flexibility index (Phi) is 2.47. The molecule has 5 unspecified atom stereocenters. The highest BCUT2D eigenvalue weighted by molar-refractivity contribution is 5.69. The van der Waals surface area contributed by atoms with Gasteiger partial charge in [0.2, 0.25) is 0 Å². The van der Waals surface area contributed by atoms with Crippen molar-refractivity contribution in [1.82, 2.24) is 4.90 Å². The maximum absolute atomic E-state index is 12.0. The summed E-state index contributed by atoms with van der Waals surface area (Å²) in [5, 5.41) is 10.3.